The van der Waals surface area contributed by atoms with Gasteiger partial charge in [-0.2, -0.15) is 0 Å². The van der Waals surface area contributed by atoms with Crippen LogP contribution in [0.1, 0.15) is 45.1 Å². The SMILES string of the molecule is CCCNC(C)C(CC)c1ccnc2ccccc12. The maximum atomic E-state index is 4.46. The minimum atomic E-state index is 0.496. The van der Waals surface area contributed by atoms with Crippen LogP contribution in [0.3, 0.4) is 0 Å². The van der Waals surface area contributed by atoms with E-state index in [-0.39, 0.29) is 0 Å². The first-order valence-electron chi connectivity index (χ1n) is 7.35. The average molecular weight is 256 g/mol. The van der Waals surface area contributed by atoms with E-state index in [0.717, 1.165) is 18.5 Å². The molecule has 0 aliphatic heterocycles. The summed E-state index contributed by atoms with van der Waals surface area (Å²) in [4.78, 5) is 4.46. The van der Waals surface area contributed by atoms with Gasteiger partial charge >= 0.3 is 0 Å². The summed E-state index contributed by atoms with van der Waals surface area (Å²) in [5.41, 5.74) is 2.52. The standard InChI is InChI=1S/C17H24N2/c1-4-11-18-13(3)14(5-2)15-10-12-19-17-9-7-6-8-16(15)17/h6-10,12-14,18H,4-5,11H2,1-3H3. The van der Waals surface area contributed by atoms with Gasteiger partial charge in [0.2, 0.25) is 0 Å². The number of hydrogen-bond acceptors (Lipinski definition) is 2. The molecule has 2 aromatic rings. The third-order valence-corrected chi connectivity index (χ3v) is 3.84. The van der Waals surface area contributed by atoms with Crippen molar-refractivity contribution in [2.45, 2.75) is 45.6 Å². The Morgan fingerprint density at radius 1 is 1.16 bits per heavy atom. The van der Waals surface area contributed by atoms with Gasteiger partial charge in [-0.25, -0.2) is 0 Å². The fourth-order valence-corrected chi connectivity index (χ4v) is 2.80. The highest BCUT2D eigenvalue weighted by Crippen LogP contribution is 2.29. The van der Waals surface area contributed by atoms with E-state index in [1.807, 2.05) is 6.20 Å². The molecule has 0 aliphatic carbocycles. The second-order valence-electron chi connectivity index (χ2n) is 5.17. The molecule has 2 nitrogen and oxygen atoms in total. The lowest BCUT2D eigenvalue weighted by Crippen LogP contribution is -2.32. The van der Waals surface area contributed by atoms with E-state index in [1.54, 1.807) is 0 Å². The van der Waals surface area contributed by atoms with Gasteiger partial charge in [0.1, 0.15) is 0 Å². The van der Waals surface area contributed by atoms with Crippen molar-refractivity contribution in [3.05, 3.63) is 42.1 Å². The molecule has 2 unspecified atom stereocenters. The van der Waals surface area contributed by atoms with Crippen molar-refractivity contribution in [3.8, 4) is 0 Å². The Hall–Kier alpha value is -1.41. The Morgan fingerprint density at radius 2 is 1.95 bits per heavy atom. The molecule has 102 valence electrons. The Balaban J connectivity index is 2.35. The summed E-state index contributed by atoms with van der Waals surface area (Å²) >= 11 is 0. The van der Waals surface area contributed by atoms with Crippen LogP contribution >= 0.6 is 0 Å². The van der Waals surface area contributed by atoms with Crippen LogP contribution in [-0.4, -0.2) is 17.6 Å². The molecule has 1 aromatic carbocycles. The summed E-state index contributed by atoms with van der Waals surface area (Å²) in [5, 5.41) is 4.92. The molecule has 0 aliphatic rings. The zero-order chi connectivity index (χ0) is 13.7. The number of pyridine rings is 1. The van der Waals surface area contributed by atoms with Gasteiger partial charge in [0.15, 0.2) is 0 Å². The topological polar surface area (TPSA) is 24.9 Å². The molecule has 0 saturated heterocycles. The summed E-state index contributed by atoms with van der Waals surface area (Å²) in [6, 6.07) is 11.1. The molecular formula is C17H24N2. The Kier molecular flexibility index (Phi) is 4.92. The highest BCUT2D eigenvalue weighted by atomic mass is 14.9. The molecular weight excluding hydrogens is 232 g/mol. The van der Waals surface area contributed by atoms with E-state index in [4.69, 9.17) is 0 Å². The van der Waals surface area contributed by atoms with Crippen LogP contribution in [0.2, 0.25) is 0 Å². The van der Waals surface area contributed by atoms with Gasteiger partial charge in [-0.15, -0.1) is 0 Å². The van der Waals surface area contributed by atoms with Gasteiger partial charge in [-0.05, 0) is 49.9 Å². The van der Waals surface area contributed by atoms with Crippen LogP contribution < -0.4 is 5.32 Å². The van der Waals surface area contributed by atoms with Gasteiger partial charge in [0, 0.05) is 17.6 Å². The lowest BCUT2D eigenvalue weighted by atomic mass is 9.88. The predicted molar refractivity (Wildman–Crippen MR) is 82.5 cm³/mol. The second kappa shape index (κ2) is 6.67. The van der Waals surface area contributed by atoms with Crippen molar-refractivity contribution >= 4 is 10.9 Å². The largest absolute Gasteiger partial charge is 0.314 e. The van der Waals surface area contributed by atoms with Crippen molar-refractivity contribution in [2.24, 2.45) is 0 Å². The Bertz CT molecular complexity index is 516. The number of para-hydroxylation sites is 1. The van der Waals surface area contributed by atoms with Crippen LogP contribution in [0.15, 0.2) is 36.5 Å². The first kappa shape index (κ1) is 14.0. The fourth-order valence-electron chi connectivity index (χ4n) is 2.80. The number of benzene rings is 1. The van der Waals surface area contributed by atoms with Gasteiger partial charge < -0.3 is 5.32 Å². The molecule has 0 radical (unpaired) electrons. The summed E-state index contributed by atoms with van der Waals surface area (Å²) in [6.07, 6.45) is 4.26. The number of fused-ring (bicyclic) bond motifs is 1. The predicted octanol–water partition coefficient (Wildman–Crippen LogP) is 4.12. The normalized spacial score (nSPS) is 14.5. The van der Waals surface area contributed by atoms with Crippen molar-refractivity contribution in [3.63, 3.8) is 0 Å². The van der Waals surface area contributed by atoms with Crippen molar-refractivity contribution < 1.29 is 0 Å². The summed E-state index contributed by atoms with van der Waals surface area (Å²) < 4.78 is 0. The highest BCUT2D eigenvalue weighted by molar-refractivity contribution is 5.82. The van der Waals surface area contributed by atoms with Crippen LogP contribution in [0, 0.1) is 0 Å². The Labute approximate surface area is 116 Å². The minimum Gasteiger partial charge on any atom is -0.314 e. The zero-order valence-electron chi connectivity index (χ0n) is 12.2. The van der Waals surface area contributed by atoms with E-state index in [2.05, 4.69) is 61.4 Å². The molecule has 2 heteroatoms. The van der Waals surface area contributed by atoms with Gasteiger partial charge in [0.25, 0.3) is 0 Å². The monoisotopic (exact) mass is 256 g/mol. The lowest BCUT2D eigenvalue weighted by molar-refractivity contribution is 0.452. The fraction of sp³-hybridized carbons (Fsp3) is 0.471. The molecule has 1 aromatic heterocycles. The lowest BCUT2D eigenvalue weighted by Gasteiger charge is -2.25. The quantitative estimate of drug-likeness (QED) is 0.841. The summed E-state index contributed by atoms with van der Waals surface area (Å²) in [5.74, 6) is 0.541. The molecule has 0 amide bonds. The number of nitrogens with one attached hydrogen (secondary N) is 1. The zero-order valence-corrected chi connectivity index (χ0v) is 12.2. The molecule has 2 rings (SSSR count). The van der Waals surface area contributed by atoms with E-state index >= 15 is 0 Å². The smallest absolute Gasteiger partial charge is 0.0704 e. The number of rotatable bonds is 6. The maximum absolute atomic E-state index is 4.46. The van der Waals surface area contributed by atoms with Crippen LogP contribution in [-0.2, 0) is 0 Å². The third kappa shape index (κ3) is 3.13. The van der Waals surface area contributed by atoms with E-state index in [0.29, 0.717) is 12.0 Å². The summed E-state index contributed by atoms with van der Waals surface area (Å²) in [7, 11) is 0. The molecule has 0 fully saturated rings. The van der Waals surface area contributed by atoms with E-state index < -0.39 is 0 Å². The number of hydrogen-bond donors (Lipinski definition) is 1. The molecule has 0 bridgehead atoms. The molecule has 0 spiro atoms. The first-order chi connectivity index (χ1) is 9.27. The average Bonchev–Trinajstić information content (AvgIpc) is 2.46. The Morgan fingerprint density at radius 3 is 2.68 bits per heavy atom. The summed E-state index contributed by atoms with van der Waals surface area (Å²) in [6.45, 7) is 7.85. The first-order valence-corrected chi connectivity index (χ1v) is 7.35. The van der Waals surface area contributed by atoms with Crippen molar-refractivity contribution in [2.75, 3.05) is 6.54 Å². The van der Waals surface area contributed by atoms with Gasteiger partial charge in [-0.3, -0.25) is 4.98 Å². The van der Waals surface area contributed by atoms with Gasteiger partial charge in [0.05, 0.1) is 5.52 Å². The number of nitrogens with zero attached hydrogens (tertiary/aromatic N) is 1. The van der Waals surface area contributed by atoms with Gasteiger partial charge in [-0.1, -0.05) is 32.0 Å². The second-order valence-corrected chi connectivity index (χ2v) is 5.17. The van der Waals surface area contributed by atoms with Crippen LogP contribution in [0.4, 0.5) is 0 Å². The number of aromatic nitrogens is 1. The maximum Gasteiger partial charge on any atom is 0.0704 e. The molecule has 1 heterocycles. The molecule has 1 N–H and O–H groups in total. The van der Waals surface area contributed by atoms with Crippen LogP contribution in [0.5, 0.6) is 0 Å². The third-order valence-electron chi connectivity index (χ3n) is 3.84. The minimum absolute atomic E-state index is 0.496. The molecule has 19 heavy (non-hydrogen) atoms. The van der Waals surface area contributed by atoms with Crippen molar-refractivity contribution in [1.29, 1.82) is 0 Å². The van der Waals surface area contributed by atoms with E-state index in [1.165, 1.54) is 17.4 Å². The highest BCUT2D eigenvalue weighted by Gasteiger charge is 2.19. The molecule has 0 saturated carbocycles. The van der Waals surface area contributed by atoms with Crippen LogP contribution in [0.25, 0.3) is 10.9 Å². The van der Waals surface area contributed by atoms with E-state index in [9.17, 15) is 0 Å². The molecule has 2 atom stereocenters. The van der Waals surface area contributed by atoms with Crippen molar-refractivity contribution in [1.82, 2.24) is 10.3 Å².